The zero-order chi connectivity index (χ0) is 23.1. The van der Waals surface area contributed by atoms with Gasteiger partial charge in [-0.15, -0.1) is 10.2 Å². The number of hydrogen-bond acceptors (Lipinski definition) is 7. The molecular formula is C20H19BrN6O4S. The van der Waals surface area contributed by atoms with E-state index >= 15 is 0 Å². The lowest BCUT2D eigenvalue weighted by atomic mass is 10.2. The number of nitro benzene ring substituents is 1. The van der Waals surface area contributed by atoms with E-state index in [2.05, 4.69) is 36.8 Å². The Morgan fingerprint density at radius 1 is 1.16 bits per heavy atom. The van der Waals surface area contributed by atoms with Gasteiger partial charge in [0.15, 0.2) is 11.0 Å². The fourth-order valence-corrected chi connectivity index (χ4v) is 4.05. The van der Waals surface area contributed by atoms with Crippen molar-refractivity contribution in [1.82, 2.24) is 20.1 Å². The van der Waals surface area contributed by atoms with Gasteiger partial charge in [0.25, 0.3) is 11.6 Å². The van der Waals surface area contributed by atoms with Gasteiger partial charge in [0.1, 0.15) is 0 Å². The first kappa shape index (κ1) is 23.4. The Balaban J connectivity index is 1.56. The zero-order valence-electron chi connectivity index (χ0n) is 16.9. The van der Waals surface area contributed by atoms with Crippen LogP contribution in [0.1, 0.15) is 23.1 Å². The average Bonchev–Trinajstić information content (AvgIpc) is 3.18. The highest BCUT2D eigenvalue weighted by atomic mass is 79.9. The Kier molecular flexibility index (Phi) is 7.95. The minimum atomic E-state index is -0.502. The molecule has 0 saturated heterocycles. The summed E-state index contributed by atoms with van der Waals surface area (Å²) in [7, 11) is 0. The topological polar surface area (TPSA) is 132 Å². The lowest BCUT2D eigenvalue weighted by Crippen LogP contribution is -2.25. The van der Waals surface area contributed by atoms with Crippen LogP contribution in [0.4, 0.5) is 11.4 Å². The van der Waals surface area contributed by atoms with Crippen LogP contribution >= 0.6 is 27.7 Å². The zero-order valence-corrected chi connectivity index (χ0v) is 19.4. The number of nitro groups is 1. The number of rotatable bonds is 9. The molecule has 166 valence electrons. The Morgan fingerprint density at radius 2 is 1.88 bits per heavy atom. The number of amides is 2. The van der Waals surface area contributed by atoms with Crippen molar-refractivity contribution < 1.29 is 14.5 Å². The van der Waals surface area contributed by atoms with Gasteiger partial charge in [-0.05, 0) is 47.1 Å². The quantitative estimate of drug-likeness (QED) is 0.251. The minimum Gasteiger partial charge on any atom is -0.345 e. The molecule has 0 atom stereocenters. The molecule has 12 heteroatoms. The SMILES string of the molecule is CCn1c(CNC(=O)c2ccccc2Br)nnc1SCC(=O)Nc1ccc([N+](=O)[O-])cc1. The largest absolute Gasteiger partial charge is 0.345 e. The van der Waals surface area contributed by atoms with Gasteiger partial charge in [0.2, 0.25) is 5.91 Å². The van der Waals surface area contributed by atoms with Gasteiger partial charge in [-0.1, -0.05) is 23.9 Å². The van der Waals surface area contributed by atoms with Crippen molar-refractivity contribution in [3.05, 3.63) is 74.5 Å². The van der Waals surface area contributed by atoms with Gasteiger partial charge >= 0.3 is 0 Å². The first-order valence-corrected chi connectivity index (χ1v) is 11.3. The highest BCUT2D eigenvalue weighted by Crippen LogP contribution is 2.20. The lowest BCUT2D eigenvalue weighted by molar-refractivity contribution is -0.384. The number of carbonyl (C=O) groups excluding carboxylic acids is 2. The third-order valence-corrected chi connectivity index (χ3v) is 5.99. The Hall–Kier alpha value is -3.25. The first-order chi connectivity index (χ1) is 15.4. The van der Waals surface area contributed by atoms with Crippen molar-refractivity contribution in [2.75, 3.05) is 11.1 Å². The third-order valence-electron chi connectivity index (χ3n) is 4.33. The molecule has 0 bridgehead atoms. The van der Waals surface area contributed by atoms with Crippen molar-refractivity contribution in [3.8, 4) is 0 Å². The molecule has 0 aliphatic carbocycles. The minimum absolute atomic E-state index is 0.0485. The Labute approximate surface area is 196 Å². The molecule has 0 saturated carbocycles. The van der Waals surface area contributed by atoms with Gasteiger partial charge in [-0.2, -0.15) is 0 Å². The lowest BCUT2D eigenvalue weighted by Gasteiger charge is -2.09. The van der Waals surface area contributed by atoms with Crippen LogP contribution in [0.25, 0.3) is 0 Å². The molecule has 0 fully saturated rings. The van der Waals surface area contributed by atoms with E-state index in [4.69, 9.17) is 0 Å². The molecule has 0 aliphatic rings. The van der Waals surface area contributed by atoms with Gasteiger partial charge in [0, 0.05) is 28.8 Å². The number of carbonyl (C=O) groups is 2. The predicted octanol–water partition coefficient (Wildman–Crippen LogP) is 3.63. The summed E-state index contributed by atoms with van der Waals surface area (Å²) in [6.45, 7) is 2.68. The van der Waals surface area contributed by atoms with Crippen LogP contribution in [0.2, 0.25) is 0 Å². The van der Waals surface area contributed by atoms with Crippen LogP contribution < -0.4 is 10.6 Å². The summed E-state index contributed by atoms with van der Waals surface area (Å²) in [4.78, 5) is 34.8. The van der Waals surface area contributed by atoms with Gasteiger partial charge in [-0.3, -0.25) is 19.7 Å². The number of anilines is 1. The van der Waals surface area contributed by atoms with E-state index in [1.54, 1.807) is 18.2 Å². The summed E-state index contributed by atoms with van der Waals surface area (Å²) in [6.07, 6.45) is 0. The summed E-state index contributed by atoms with van der Waals surface area (Å²) in [5.74, 6) is 0.141. The van der Waals surface area contributed by atoms with Crippen LogP contribution in [0.5, 0.6) is 0 Å². The number of hydrogen-bond donors (Lipinski definition) is 2. The van der Waals surface area contributed by atoms with E-state index in [0.717, 1.165) is 0 Å². The second kappa shape index (κ2) is 10.9. The van der Waals surface area contributed by atoms with E-state index in [1.807, 2.05) is 17.6 Å². The maximum Gasteiger partial charge on any atom is 0.269 e. The molecule has 2 aromatic carbocycles. The van der Waals surface area contributed by atoms with Crippen LogP contribution in [-0.4, -0.2) is 37.3 Å². The van der Waals surface area contributed by atoms with E-state index in [0.29, 0.717) is 33.2 Å². The van der Waals surface area contributed by atoms with E-state index < -0.39 is 4.92 Å². The molecule has 0 spiro atoms. The van der Waals surface area contributed by atoms with Crippen molar-refractivity contribution in [3.63, 3.8) is 0 Å². The maximum atomic E-state index is 12.4. The summed E-state index contributed by atoms with van der Waals surface area (Å²) >= 11 is 4.57. The molecule has 0 aliphatic heterocycles. The Bertz CT molecular complexity index is 1140. The van der Waals surface area contributed by atoms with E-state index in [1.165, 1.54) is 36.0 Å². The molecule has 1 heterocycles. The number of nitrogens with zero attached hydrogens (tertiary/aromatic N) is 4. The molecular weight excluding hydrogens is 500 g/mol. The number of benzene rings is 2. The number of halogens is 1. The number of nitrogens with one attached hydrogen (secondary N) is 2. The maximum absolute atomic E-state index is 12.4. The Morgan fingerprint density at radius 3 is 2.53 bits per heavy atom. The number of non-ortho nitro benzene ring substituents is 1. The average molecular weight is 519 g/mol. The molecule has 10 nitrogen and oxygen atoms in total. The summed E-state index contributed by atoms with van der Waals surface area (Å²) in [5, 5.41) is 25.0. The first-order valence-electron chi connectivity index (χ1n) is 9.51. The summed E-state index contributed by atoms with van der Waals surface area (Å²) in [6, 6.07) is 12.7. The summed E-state index contributed by atoms with van der Waals surface area (Å²) < 4.78 is 2.52. The second-order valence-electron chi connectivity index (χ2n) is 6.45. The molecule has 32 heavy (non-hydrogen) atoms. The smallest absolute Gasteiger partial charge is 0.269 e. The van der Waals surface area contributed by atoms with Gasteiger partial charge in [-0.25, -0.2) is 0 Å². The fourth-order valence-electron chi connectivity index (χ4n) is 2.77. The van der Waals surface area contributed by atoms with Crippen molar-refractivity contribution >= 4 is 50.9 Å². The van der Waals surface area contributed by atoms with E-state index in [9.17, 15) is 19.7 Å². The highest BCUT2D eigenvalue weighted by molar-refractivity contribution is 9.10. The van der Waals surface area contributed by atoms with Gasteiger partial charge < -0.3 is 15.2 Å². The van der Waals surface area contributed by atoms with Crippen LogP contribution in [-0.2, 0) is 17.9 Å². The normalized spacial score (nSPS) is 10.6. The number of thioether (sulfide) groups is 1. The monoisotopic (exact) mass is 518 g/mol. The highest BCUT2D eigenvalue weighted by Gasteiger charge is 2.15. The molecule has 0 unspecified atom stereocenters. The molecule has 0 radical (unpaired) electrons. The molecule has 2 amide bonds. The fraction of sp³-hybridized carbons (Fsp3) is 0.200. The van der Waals surface area contributed by atoms with Crippen molar-refractivity contribution in [2.24, 2.45) is 0 Å². The third kappa shape index (κ3) is 5.92. The predicted molar refractivity (Wildman–Crippen MR) is 123 cm³/mol. The van der Waals surface area contributed by atoms with E-state index in [-0.39, 0.29) is 29.8 Å². The number of aromatic nitrogens is 3. The van der Waals surface area contributed by atoms with Crippen LogP contribution in [0.3, 0.4) is 0 Å². The van der Waals surface area contributed by atoms with Crippen molar-refractivity contribution in [1.29, 1.82) is 0 Å². The van der Waals surface area contributed by atoms with Crippen molar-refractivity contribution in [2.45, 2.75) is 25.2 Å². The molecule has 3 rings (SSSR count). The van der Waals surface area contributed by atoms with Gasteiger partial charge in [0.05, 0.1) is 22.8 Å². The molecule has 2 N–H and O–H groups in total. The van der Waals surface area contributed by atoms with Crippen LogP contribution in [0, 0.1) is 10.1 Å². The molecule has 3 aromatic rings. The van der Waals surface area contributed by atoms with Crippen LogP contribution in [0.15, 0.2) is 58.2 Å². The summed E-state index contributed by atoms with van der Waals surface area (Å²) in [5.41, 5.74) is 0.939. The second-order valence-corrected chi connectivity index (χ2v) is 8.24. The molecule has 1 aromatic heterocycles. The standard InChI is InChI=1S/C20H19BrN6O4S/c1-2-26-17(11-22-19(29)15-5-3-4-6-16(15)21)24-25-20(26)32-12-18(28)23-13-7-9-14(10-8-13)27(30)31/h3-10H,2,11-12H2,1H3,(H,22,29)(H,23,28).